The van der Waals surface area contributed by atoms with Crippen LogP contribution in [0.15, 0.2) is 47.4 Å². The number of unbranched alkanes of at least 4 members (excludes halogenated alkanes) is 5. The molecule has 3 rings (SSSR count). The summed E-state index contributed by atoms with van der Waals surface area (Å²) in [5.41, 5.74) is 0.523. The third-order valence-electron chi connectivity index (χ3n) is 9.83. The molecule has 0 radical (unpaired) electrons. The molecule has 0 fully saturated rings. The molecular weight excluding hydrogens is 679 g/mol. The molecule has 50 heavy (non-hydrogen) atoms. The summed E-state index contributed by atoms with van der Waals surface area (Å²) in [6.07, 6.45) is -2.87. The lowest BCUT2D eigenvalue weighted by Gasteiger charge is -2.43. The van der Waals surface area contributed by atoms with Gasteiger partial charge in [-0.15, -0.1) is 11.8 Å². The van der Waals surface area contributed by atoms with E-state index < -0.39 is 48.7 Å². The van der Waals surface area contributed by atoms with E-state index in [-0.39, 0.29) is 31.0 Å². The van der Waals surface area contributed by atoms with E-state index in [2.05, 4.69) is 31.2 Å². The molecule has 2 unspecified atom stereocenters. The van der Waals surface area contributed by atoms with Gasteiger partial charge in [0.1, 0.15) is 11.5 Å². The zero-order valence-corrected chi connectivity index (χ0v) is 30.6. The molecule has 2 atom stereocenters. The van der Waals surface area contributed by atoms with Gasteiger partial charge < -0.3 is 18.9 Å². The average Bonchev–Trinajstić information content (AvgIpc) is 3.08. The van der Waals surface area contributed by atoms with Gasteiger partial charge in [-0.05, 0) is 80.8 Å². The quantitative estimate of drug-likeness (QED) is 0.0581. The van der Waals surface area contributed by atoms with Crippen LogP contribution in [0.25, 0.3) is 0 Å². The molecule has 0 bridgehead atoms. The average molecular weight is 731 g/mol. The normalized spacial score (nSPS) is 17.9. The maximum atomic E-state index is 13.7. The van der Waals surface area contributed by atoms with Crippen molar-refractivity contribution in [3.63, 3.8) is 0 Å². The van der Waals surface area contributed by atoms with Gasteiger partial charge in [-0.3, -0.25) is 9.59 Å². The van der Waals surface area contributed by atoms with Crippen molar-refractivity contribution in [1.82, 2.24) is 0 Å². The number of hydrogen-bond donors (Lipinski definition) is 0. The number of halogens is 5. The highest BCUT2D eigenvalue weighted by Crippen LogP contribution is 2.53. The van der Waals surface area contributed by atoms with Crippen LogP contribution in [0.2, 0.25) is 0 Å². The number of carbonyl (C=O) groups is 2. The zero-order valence-electron chi connectivity index (χ0n) is 29.8. The van der Waals surface area contributed by atoms with Crippen molar-refractivity contribution in [2.24, 2.45) is 5.41 Å². The van der Waals surface area contributed by atoms with Crippen molar-refractivity contribution < 1.29 is 50.5 Å². The molecule has 12 heteroatoms. The van der Waals surface area contributed by atoms with Gasteiger partial charge in [-0.2, -0.15) is 22.0 Å². The summed E-state index contributed by atoms with van der Waals surface area (Å²) in [6.45, 7) is 5.24. The van der Waals surface area contributed by atoms with E-state index >= 15 is 0 Å². The summed E-state index contributed by atoms with van der Waals surface area (Å²) < 4.78 is 86.8. The van der Waals surface area contributed by atoms with E-state index in [1.807, 2.05) is 30.0 Å². The SMILES string of the molecule is CCOC(=O)C(CCCCCCCCC1c2ccc(OC)cc2SCC1(C)c1ccc(OC)cc1)(CCCC(F)(F)C(F)(F)F)C(=O)OCC. The standard InChI is InChI=1S/C38H51F5O6S/c1-6-48-33(44)36(34(45)49-7-2,23-14-24-37(39,40)38(41,42)43)22-13-11-9-8-10-12-15-31-30-21-20-29(47-5)25-32(30)50-26-35(31,3)27-16-18-28(46-4)19-17-27/h16-21,25,31H,6-15,22-24,26H2,1-5H3. The summed E-state index contributed by atoms with van der Waals surface area (Å²) in [6, 6.07) is 14.6. The van der Waals surface area contributed by atoms with Crippen LogP contribution in [0.4, 0.5) is 22.0 Å². The fourth-order valence-electron chi connectivity index (χ4n) is 6.85. The molecule has 1 aliphatic heterocycles. The van der Waals surface area contributed by atoms with E-state index in [4.69, 9.17) is 18.9 Å². The molecule has 0 amide bonds. The van der Waals surface area contributed by atoms with Crippen LogP contribution in [0, 0.1) is 5.41 Å². The molecule has 0 N–H and O–H groups in total. The van der Waals surface area contributed by atoms with Crippen LogP contribution in [-0.4, -0.2) is 57.2 Å². The van der Waals surface area contributed by atoms with Crippen LogP contribution >= 0.6 is 11.8 Å². The highest BCUT2D eigenvalue weighted by molar-refractivity contribution is 7.99. The Morgan fingerprint density at radius 1 is 0.760 bits per heavy atom. The van der Waals surface area contributed by atoms with Crippen LogP contribution in [0.1, 0.15) is 108 Å². The van der Waals surface area contributed by atoms with Gasteiger partial charge in [0.15, 0.2) is 5.41 Å². The highest BCUT2D eigenvalue weighted by atomic mass is 32.2. The molecule has 0 spiro atoms. The number of alkyl halides is 5. The van der Waals surface area contributed by atoms with Gasteiger partial charge in [0.25, 0.3) is 0 Å². The van der Waals surface area contributed by atoms with Crippen LogP contribution in [-0.2, 0) is 24.5 Å². The van der Waals surface area contributed by atoms with Crippen molar-refractivity contribution in [2.45, 2.75) is 120 Å². The first-order valence-corrected chi connectivity index (χ1v) is 18.4. The second-order valence-electron chi connectivity index (χ2n) is 13.1. The molecular formula is C38H51F5O6S. The maximum absolute atomic E-state index is 13.7. The topological polar surface area (TPSA) is 71.1 Å². The van der Waals surface area contributed by atoms with Crippen molar-refractivity contribution in [3.8, 4) is 11.5 Å². The maximum Gasteiger partial charge on any atom is 0.453 e. The van der Waals surface area contributed by atoms with Crippen molar-refractivity contribution in [2.75, 3.05) is 33.2 Å². The predicted octanol–water partition coefficient (Wildman–Crippen LogP) is 10.5. The second kappa shape index (κ2) is 18.5. The summed E-state index contributed by atoms with van der Waals surface area (Å²) in [4.78, 5) is 27.3. The summed E-state index contributed by atoms with van der Waals surface area (Å²) in [7, 11) is 3.32. The molecule has 280 valence electrons. The Bertz CT molecular complexity index is 1360. The Morgan fingerprint density at radius 2 is 1.30 bits per heavy atom. The number of hydrogen-bond acceptors (Lipinski definition) is 7. The molecule has 0 saturated heterocycles. The fourth-order valence-corrected chi connectivity index (χ4v) is 8.25. The Kier molecular flexibility index (Phi) is 15.3. The molecule has 1 heterocycles. The van der Waals surface area contributed by atoms with E-state index in [0.717, 1.165) is 49.4 Å². The third kappa shape index (κ3) is 10.1. The lowest BCUT2D eigenvalue weighted by Crippen LogP contribution is -2.43. The minimum Gasteiger partial charge on any atom is -0.497 e. The van der Waals surface area contributed by atoms with Gasteiger partial charge in [-0.25, -0.2) is 0 Å². The Morgan fingerprint density at radius 3 is 1.86 bits per heavy atom. The first-order chi connectivity index (χ1) is 23.7. The minimum absolute atomic E-state index is 0.0531. The first-order valence-electron chi connectivity index (χ1n) is 17.4. The third-order valence-corrected chi connectivity index (χ3v) is 11.2. The number of rotatable bonds is 20. The summed E-state index contributed by atoms with van der Waals surface area (Å²) in [5.74, 6) is -3.99. The molecule has 6 nitrogen and oxygen atoms in total. The number of fused-ring (bicyclic) bond motifs is 1. The lowest BCUT2D eigenvalue weighted by molar-refractivity contribution is -0.284. The number of esters is 2. The van der Waals surface area contributed by atoms with Gasteiger partial charge in [0, 0.05) is 22.5 Å². The molecule has 2 aromatic carbocycles. The van der Waals surface area contributed by atoms with Gasteiger partial charge >= 0.3 is 24.0 Å². The lowest BCUT2D eigenvalue weighted by atomic mass is 9.68. The molecule has 2 aromatic rings. The van der Waals surface area contributed by atoms with Crippen LogP contribution in [0.5, 0.6) is 11.5 Å². The number of ether oxygens (including phenoxy) is 4. The zero-order chi connectivity index (χ0) is 37.0. The number of methoxy groups -OCH3 is 2. The molecule has 0 saturated carbocycles. The highest BCUT2D eigenvalue weighted by Gasteiger charge is 2.57. The van der Waals surface area contributed by atoms with E-state index in [1.54, 1.807) is 14.2 Å². The Balaban J connectivity index is 1.63. The summed E-state index contributed by atoms with van der Waals surface area (Å²) in [5, 5.41) is 0. The number of thioether (sulfide) groups is 1. The largest absolute Gasteiger partial charge is 0.497 e. The molecule has 1 aliphatic rings. The Labute approximate surface area is 297 Å². The molecule has 0 aromatic heterocycles. The number of benzene rings is 2. The van der Waals surface area contributed by atoms with Gasteiger partial charge in [0.2, 0.25) is 0 Å². The second-order valence-corrected chi connectivity index (χ2v) is 14.1. The van der Waals surface area contributed by atoms with Crippen molar-refractivity contribution in [1.29, 1.82) is 0 Å². The fraction of sp³-hybridized carbons (Fsp3) is 0.632. The van der Waals surface area contributed by atoms with E-state index in [9.17, 15) is 31.5 Å². The minimum atomic E-state index is -5.72. The van der Waals surface area contributed by atoms with E-state index in [1.165, 1.54) is 29.9 Å². The van der Waals surface area contributed by atoms with E-state index in [0.29, 0.717) is 12.8 Å². The molecule has 0 aliphatic carbocycles. The first kappa shape index (κ1) is 41.4. The van der Waals surface area contributed by atoms with Gasteiger partial charge in [0.05, 0.1) is 27.4 Å². The monoisotopic (exact) mass is 730 g/mol. The van der Waals surface area contributed by atoms with Crippen molar-refractivity contribution >= 4 is 23.7 Å². The predicted molar refractivity (Wildman–Crippen MR) is 184 cm³/mol. The smallest absolute Gasteiger partial charge is 0.453 e. The number of carbonyl (C=O) groups excluding carboxylic acids is 2. The van der Waals surface area contributed by atoms with Crippen LogP contribution in [0.3, 0.4) is 0 Å². The van der Waals surface area contributed by atoms with Crippen LogP contribution < -0.4 is 9.47 Å². The van der Waals surface area contributed by atoms with Gasteiger partial charge in [-0.1, -0.05) is 63.6 Å². The Hall–Kier alpha value is -3.02. The van der Waals surface area contributed by atoms with Crippen molar-refractivity contribution in [3.05, 3.63) is 53.6 Å². The summed E-state index contributed by atoms with van der Waals surface area (Å²) >= 11 is 1.84.